The fraction of sp³-hybridized carbons (Fsp3) is 0.444. The van der Waals surface area contributed by atoms with Crippen LogP contribution in [0.5, 0.6) is 0 Å². The molecular formula is C18H23N5O4S2. The molecule has 1 heterocycles. The lowest BCUT2D eigenvalue weighted by atomic mass is 9.94. The quantitative estimate of drug-likeness (QED) is 0.571. The highest BCUT2D eigenvalue weighted by Gasteiger charge is 2.26. The van der Waals surface area contributed by atoms with Crippen LogP contribution in [0, 0.1) is 12.8 Å². The average molecular weight is 438 g/mol. The zero-order valence-corrected chi connectivity index (χ0v) is 17.8. The van der Waals surface area contributed by atoms with Gasteiger partial charge in [-0.3, -0.25) is 10.1 Å². The molecule has 29 heavy (non-hydrogen) atoms. The molecule has 0 unspecified atom stereocenters. The molecule has 0 bridgehead atoms. The number of Topliss-reactive ketones (excluding diaryl/α,β-unsaturated/α-hetero) is 1. The van der Waals surface area contributed by atoms with Crippen molar-refractivity contribution in [2.24, 2.45) is 5.92 Å². The van der Waals surface area contributed by atoms with Crippen molar-refractivity contribution in [3.05, 3.63) is 35.2 Å². The first kappa shape index (κ1) is 21.3. The van der Waals surface area contributed by atoms with E-state index in [1.165, 1.54) is 0 Å². The van der Waals surface area contributed by atoms with Gasteiger partial charge in [0.25, 0.3) is 0 Å². The molecule has 2 amide bonds. The van der Waals surface area contributed by atoms with Crippen molar-refractivity contribution in [1.82, 2.24) is 14.1 Å². The molecule has 1 aliphatic rings. The second-order valence-electron chi connectivity index (χ2n) is 7.08. The molecule has 0 radical (unpaired) electrons. The van der Waals surface area contributed by atoms with Gasteiger partial charge in [-0.05, 0) is 31.9 Å². The van der Waals surface area contributed by atoms with Crippen molar-refractivity contribution < 1.29 is 18.0 Å². The summed E-state index contributed by atoms with van der Waals surface area (Å²) in [6.07, 6.45) is 4.91. The maximum Gasteiger partial charge on any atom is 0.325 e. The fourth-order valence-electron chi connectivity index (χ4n) is 3.20. The van der Waals surface area contributed by atoms with Crippen LogP contribution in [-0.4, -0.2) is 35.8 Å². The number of ketones is 1. The van der Waals surface area contributed by atoms with Gasteiger partial charge in [-0.25, -0.2) is 22.9 Å². The number of hydrogen-bond acceptors (Lipinski definition) is 7. The number of amides is 2. The maximum atomic E-state index is 12.9. The average Bonchev–Trinajstić information content (AvgIpc) is 3.32. The van der Waals surface area contributed by atoms with Gasteiger partial charge in [0, 0.05) is 23.0 Å². The summed E-state index contributed by atoms with van der Waals surface area (Å²) in [5, 5.41) is 5.50. The van der Waals surface area contributed by atoms with Gasteiger partial charge in [-0.1, -0.05) is 24.5 Å². The minimum absolute atomic E-state index is 0.00785. The third-order valence-electron chi connectivity index (χ3n) is 4.60. The molecular weight excluding hydrogens is 414 g/mol. The number of urea groups is 1. The van der Waals surface area contributed by atoms with Gasteiger partial charge in [0.05, 0.1) is 18.5 Å². The molecule has 0 saturated heterocycles. The molecule has 1 fully saturated rings. The minimum Gasteiger partial charge on any atom is -0.307 e. The van der Waals surface area contributed by atoms with Crippen LogP contribution in [0.25, 0.3) is 0 Å². The Bertz CT molecular complexity index is 1010. The van der Waals surface area contributed by atoms with Gasteiger partial charge in [-0.15, -0.1) is 0 Å². The molecule has 0 atom stereocenters. The topological polar surface area (TPSA) is 130 Å². The Balaban J connectivity index is 1.66. The number of anilines is 2. The summed E-state index contributed by atoms with van der Waals surface area (Å²) in [4.78, 5) is 29.3. The molecule has 2 aromatic rings. The van der Waals surface area contributed by atoms with E-state index in [1.54, 1.807) is 12.1 Å². The Labute approximate surface area is 173 Å². The number of nitrogens with one attached hydrogen (secondary N) is 3. The first-order valence-electron chi connectivity index (χ1n) is 9.21. The summed E-state index contributed by atoms with van der Waals surface area (Å²) in [5.74, 6) is 0.322. The summed E-state index contributed by atoms with van der Waals surface area (Å²) < 4.78 is 28.5. The second-order valence-corrected chi connectivity index (χ2v) is 9.67. The van der Waals surface area contributed by atoms with Crippen LogP contribution < -0.4 is 15.4 Å². The minimum atomic E-state index is -3.36. The van der Waals surface area contributed by atoms with Gasteiger partial charge in [0.2, 0.25) is 15.2 Å². The van der Waals surface area contributed by atoms with E-state index < -0.39 is 16.1 Å². The van der Waals surface area contributed by atoms with Crippen molar-refractivity contribution in [3.63, 3.8) is 0 Å². The van der Waals surface area contributed by atoms with Crippen LogP contribution in [-0.2, 0) is 16.6 Å². The van der Waals surface area contributed by atoms with Crippen LogP contribution in [0.4, 0.5) is 15.6 Å². The Morgan fingerprint density at radius 1 is 1.21 bits per heavy atom. The summed E-state index contributed by atoms with van der Waals surface area (Å²) >= 11 is 0.938. The van der Waals surface area contributed by atoms with Crippen LogP contribution in [0.3, 0.4) is 0 Å². The zero-order chi connectivity index (χ0) is 21.0. The first-order chi connectivity index (χ1) is 13.7. The summed E-state index contributed by atoms with van der Waals surface area (Å²) in [6.45, 7) is 1.85. The Kier molecular flexibility index (Phi) is 6.60. The van der Waals surface area contributed by atoms with E-state index in [1.807, 2.05) is 13.0 Å². The third kappa shape index (κ3) is 6.05. The van der Waals surface area contributed by atoms with Crippen molar-refractivity contribution in [2.45, 2.75) is 39.2 Å². The Morgan fingerprint density at radius 3 is 2.62 bits per heavy atom. The molecule has 11 heteroatoms. The normalized spacial score (nSPS) is 14.7. The number of aryl methyl sites for hydroxylation is 1. The van der Waals surface area contributed by atoms with E-state index in [9.17, 15) is 18.0 Å². The van der Waals surface area contributed by atoms with E-state index in [0.29, 0.717) is 11.3 Å². The lowest BCUT2D eigenvalue weighted by Crippen LogP contribution is -2.23. The van der Waals surface area contributed by atoms with Crippen LogP contribution in [0.1, 0.15) is 47.4 Å². The molecule has 1 aromatic carbocycles. The predicted octanol–water partition coefficient (Wildman–Crippen LogP) is 2.91. The van der Waals surface area contributed by atoms with E-state index in [2.05, 4.69) is 24.7 Å². The SMILES string of the molecule is Cc1ccc(NC(=O)Nc2nc(CNS(C)(=O)=O)ns2)c(C(=O)C2CCCC2)c1. The summed E-state index contributed by atoms with van der Waals surface area (Å²) in [6, 6.07) is 4.81. The fourth-order valence-corrected chi connectivity index (χ4v) is 4.17. The lowest BCUT2D eigenvalue weighted by molar-refractivity contribution is 0.0923. The second kappa shape index (κ2) is 8.97. The molecule has 156 valence electrons. The van der Waals surface area contributed by atoms with Crippen molar-refractivity contribution in [2.75, 3.05) is 16.9 Å². The molecule has 1 aliphatic carbocycles. The van der Waals surface area contributed by atoms with E-state index >= 15 is 0 Å². The number of aromatic nitrogens is 2. The van der Waals surface area contributed by atoms with E-state index in [-0.39, 0.29) is 29.2 Å². The van der Waals surface area contributed by atoms with Crippen molar-refractivity contribution >= 4 is 44.2 Å². The highest BCUT2D eigenvalue weighted by molar-refractivity contribution is 7.88. The van der Waals surface area contributed by atoms with Crippen LogP contribution in [0.15, 0.2) is 18.2 Å². The van der Waals surface area contributed by atoms with E-state index in [0.717, 1.165) is 49.0 Å². The predicted molar refractivity (Wildman–Crippen MR) is 112 cm³/mol. The number of hydrogen-bond donors (Lipinski definition) is 3. The molecule has 0 spiro atoms. The molecule has 3 N–H and O–H groups in total. The Hall–Kier alpha value is -2.37. The molecule has 3 rings (SSSR count). The zero-order valence-electron chi connectivity index (χ0n) is 16.2. The van der Waals surface area contributed by atoms with E-state index in [4.69, 9.17) is 0 Å². The molecule has 1 saturated carbocycles. The Morgan fingerprint density at radius 2 is 1.93 bits per heavy atom. The van der Waals surface area contributed by atoms with Gasteiger partial charge >= 0.3 is 6.03 Å². The highest BCUT2D eigenvalue weighted by Crippen LogP contribution is 2.31. The number of carbonyl (C=O) groups is 2. The number of rotatable bonds is 7. The third-order valence-corrected chi connectivity index (χ3v) is 5.93. The first-order valence-corrected chi connectivity index (χ1v) is 11.9. The van der Waals surface area contributed by atoms with Gasteiger partial charge in [0.15, 0.2) is 11.6 Å². The lowest BCUT2D eigenvalue weighted by Gasteiger charge is -2.14. The maximum absolute atomic E-state index is 12.9. The van der Waals surface area contributed by atoms with Gasteiger partial charge < -0.3 is 5.32 Å². The smallest absolute Gasteiger partial charge is 0.307 e. The number of benzene rings is 1. The molecule has 1 aromatic heterocycles. The van der Waals surface area contributed by atoms with Crippen LogP contribution in [0.2, 0.25) is 0 Å². The molecule has 9 nitrogen and oxygen atoms in total. The number of sulfonamides is 1. The van der Waals surface area contributed by atoms with Gasteiger partial charge in [-0.2, -0.15) is 4.37 Å². The number of carbonyl (C=O) groups excluding carboxylic acids is 2. The molecule has 0 aliphatic heterocycles. The summed E-state index contributed by atoms with van der Waals surface area (Å²) in [5.41, 5.74) is 1.92. The van der Waals surface area contributed by atoms with Crippen LogP contribution >= 0.6 is 11.5 Å². The standard InChI is InChI=1S/C18H23N5O4S2/c1-11-7-8-14(13(9-11)16(24)12-5-3-4-6-12)20-17(25)22-18-21-15(23-28-18)10-19-29(2,26)27/h7-9,12,19H,3-6,10H2,1-2H3,(H2,20,21,22,23,25). The number of nitrogens with zero attached hydrogens (tertiary/aromatic N) is 2. The van der Waals surface area contributed by atoms with Crippen molar-refractivity contribution in [3.8, 4) is 0 Å². The summed E-state index contributed by atoms with van der Waals surface area (Å²) in [7, 11) is -3.36. The van der Waals surface area contributed by atoms with Crippen molar-refractivity contribution in [1.29, 1.82) is 0 Å². The highest BCUT2D eigenvalue weighted by atomic mass is 32.2. The largest absolute Gasteiger partial charge is 0.325 e. The van der Waals surface area contributed by atoms with Gasteiger partial charge in [0.1, 0.15) is 0 Å². The monoisotopic (exact) mass is 437 g/mol.